The second-order valence-corrected chi connectivity index (χ2v) is 6.95. The lowest BCUT2D eigenvalue weighted by Gasteiger charge is -2.23. The molecule has 5 rings (SSSR count). The van der Waals surface area contributed by atoms with E-state index in [1.54, 1.807) is 0 Å². The summed E-state index contributed by atoms with van der Waals surface area (Å²) in [6.07, 6.45) is 3.30. The van der Waals surface area contributed by atoms with Gasteiger partial charge < -0.3 is 14.8 Å². The smallest absolute Gasteiger partial charge is 0.144 e. The minimum atomic E-state index is -0.691. The third kappa shape index (κ3) is 3.36. The first-order valence-electron chi connectivity index (χ1n) is 9.41. The van der Waals surface area contributed by atoms with Crippen LogP contribution in [0.25, 0.3) is 11.3 Å². The molecule has 0 radical (unpaired) electrons. The molecular weight excluding hydrogens is 378 g/mol. The van der Waals surface area contributed by atoms with E-state index in [1.807, 2.05) is 18.2 Å². The largest absolute Gasteiger partial charge is 0.490 e. The maximum atomic E-state index is 14.4. The van der Waals surface area contributed by atoms with Gasteiger partial charge in [-0.05, 0) is 30.3 Å². The number of anilines is 1. The Balaban J connectivity index is 1.55. The molecule has 2 aromatic carbocycles. The van der Waals surface area contributed by atoms with Gasteiger partial charge in [0.25, 0.3) is 0 Å². The van der Waals surface area contributed by atoms with E-state index in [0.29, 0.717) is 36.0 Å². The summed E-state index contributed by atoms with van der Waals surface area (Å²) in [5.74, 6) is -0.591. The van der Waals surface area contributed by atoms with Crippen LogP contribution in [0, 0.1) is 11.6 Å². The van der Waals surface area contributed by atoms with Crippen LogP contribution in [-0.2, 0) is 4.74 Å². The van der Waals surface area contributed by atoms with Crippen molar-refractivity contribution in [3.63, 3.8) is 0 Å². The molecule has 29 heavy (non-hydrogen) atoms. The summed E-state index contributed by atoms with van der Waals surface area (Å²) in [5.41, 5.74) is 2.33. The number of hydrogen-bond donors (Lipinski definition) is 2. The molecule has 2 aliphatic heterocycles. The van der Waals surface area contributed by atoms with Gasteiger partial charge in [-0.2, -0.15) is 5.10 Å². The van der Waals surface area contributed by atoms with Crippen molar-refractivity contribution in [2.75, 3.05) is 18.5 Å². The lowest BCUT2D eigenvalue weighted by Crippen LogP contribution is -2.25. The van der Waals surface area contributed by atoms with E-state index in [0.717, 1.165) is 18.4 Å². The Labute approximate surface area is 165 Å². The Morgan fingerprint density at radius 3 is 2.66 bits per heavy atom. The molecule has 0 unspecified atom stereocenters. The third-order valence-corrected chi connectivity index (χ3v) is 5.04. The molecule has 2 aliphatic rings. The summed E-state index contributed by atoms with van der Waals surface area (Å²) < 4.78 is 40.2. The molecule has 0 spiro atoms. The molecule has 3 heterocycles. The number of rotatable bonds is 3. The molecule has 0 aliphatic carbocycles. The number of aromatic nitrogens is 2. The highest BCUT2D eigenvalue weighted by Crippen LogP contribution is 2.39. The van der Waals surface area contributed by atoms with Crippen molar-refractivity contribution in [2.24, 2.45) is 4.99 Å². The molecule has 0 atom stereocenters. The number of H-pyrrole nitrogens is 1. The zero-order chi connectivity index (χ0) is 19.8. The van der Waals surface area contributed by atoms with Crippen LogP contribution < -0.4 is 10.1 Å². The number of nitrogens with zero attached hydrogens (tertiary/aromatic N) is 2. The SMILES string of the molecule is Fc1cccc(F)c1C1=Nc2cn[nH]c2-c2cc(OC3CCOCC3)ccc2N1. The van der Waals surface area contributed by atoms with Gasteiger partial charge in [0.05, 0.1) is 30.7 Å². The van der Waals surface area contributed by atoms with E-state index in [9.17, 15) is 8.78 Å². The van der Waals surface area contributed by atoms with Crippen LogP contribution in [0.15, 0.2) is 47.6 Å². The number of ether oxygens (including phenoxy) is 2. The summed E-state index contributed by atoms with van der Waals surface area (Å²) >= 11 is 0. The summed E-state index contributed by atoms with van der Waals surface area (Å²) in [6.45, 7) is 1.38. The molecule has 2 N–H and O–H groups in total. The normalized spacial score (nSPS) is 16.3. The fraction of sp³-hybridized carbons (Fsp3) is 0.238. The molecule has 148 valence electrons. The topological polar surface area (TPSA) is 71.5 Å². The van der Waals surface area contributed by atoms with Gasteiger partial charge in [-0.1, -0.05) is 6.07 Å². The zero-order valence-corrected chi connectivity index (χ0v) is 15.4. The molecule has 1 saturated heterocycles. The van der Waals surface area contributed by atoms with Crippen LogP contribution in [0.2, 0.25) is 0 Å². The van der Waals surface area contributed by atoms with E-state index in [4.69, 9.17) is 9.47 Å². The van der Waals surface area contributed by atoms with Gasteiger partial charge in [-0.15, -0.1) is 0 Å². The van der Waals surface area contributed by atoms with Crippen LogP contribution >= 0.6 is 0 Å². The van der Waals surface area contributed by atoms with Crippen molar-refractivity contribution in [1.29, 1.82) is 0 Å². The number of nitrogens with one attached hydrogen (secondary N) is 2. The maximum Gasteiger partial charge on any atom is 0.144 e. The molecule has 0 saturated carbocycles. The maximum absolute atomic E-state index is 14.4. The highest BCUT2D eigenvalue weighted by atomic mass is 19.1. The van der Waals surface area contributed by atoms with Crippen LogP contribution in [0.1, 0.15) is 18.4 Å². The Morgan fingerprint density at radius 2 is 1.86 bits per heavy atom. The van der Waals surface area contributed by atoms with Crippen molar-refractivity contribution in [2.45, 2.75) is 18.9 Å². The summed E-state index contributed by atoms with van der Waals surface area (Å²) in [6, 6.07) is 9.25. The average molecular weight is 396 g/mol. The van der Waals surface area contributed by atoms with Crippen LogP contribution in [0.5, 0.6) is 5.75 Å². The first-order valence-corrected chi connectivity index (χ1v) is 9.41. The van der Waals surface area contributed by atoms with Crippen LogP contribution in [0.4, 0.5) is 20.2 Å². The monoisotopic (exact) mass is 396 g/mol. The number of fused-ring (bicyclic) bond motifs is 3. The van der Waals surface area contributed by atoms with Gasteiger partial charge >= 0.3 is 0 Å². The molecule has 6 nitrogen and oxygen atoms in total. The Kier molecular flexibility index (Phi) is 4.48. The lowest BCUT2D eigenvalue weighted by atomic mass is 10.1. The van der Waals surface area contributed by atoms with E-state index >= 15 is 0 Å². The van der Waals surface area contributed by atoms with Crippen molar-refractivity contribution >= 4 is 17.2 Å². The molecule has 8 heteroatoms. The molecule has 1 aromatic heterocycles. The summed E-state index contributed by atoms with van der Waals surface area (Å²) in [7, 11) is 0. The van der Waals surface area contributed by atoms with E-state index in [1.165, 1.54) is 24.4 Å². The third-order valence-electron chi connectivity index (χ3n) is 5.04. The highest BCUT2D eigenvalue weighted by molar-refractivity contribution is 6.13. The fourth-order valence-corrected chi connectivity index (χ4v) is 3.58. The highest BCUT2D eigenvalue weighted by Gasteiger charge is 2.24. The second-order valence-electron chi connectivity index (χ2n) is 6.95. The van der Waals surface area contributed by atoms with Crippen LogP contribution in [-0.4, -0.2) is 35.4 Å². The van der Waals surface area contributed by atoms with Crippen molar-refractivity contribution < 1.29 is 18.3 Å². The van der Waals surface area contributed by atoms with Gasteiger partial charge in [0, 0.05) is 24.1 Å². The second kappa shape index (κ2) is 7.29. The Morgan fingerprint density at radius 1 is 1.07 bits per heavy atom. The van der Waals surface area contributed by atoms with E-state index in [-0.39, 0.29) is 17.5 Å². The number of benzene rings is 2. The van der Waals surface area contributed by atoms with Gasteiger partial charge in [0.1, 0.15) is 35.0 Å². The standard InChI is InChI=1S/C21H18F2N4O2/c22-15-2-1-3-16(23)19(15)21-25-17-5-4-13(29-12-6-8-28-9-7-12)10-14(17)20-18(26-21)11-24-27-20/h1-5,10-12H,6-9H2,(H,24,27)(H,25,26). The molecule has 3 aromatic rings. The van der Waals surface area contributed by atoms with E-state index in [2.05, 4.69) is 20.5 Å². The number of aliphatic imine (C=N–C) groups is 1. The summed E-state index contributed by atoms with van der Waals surface area (Å²) in [5, 5.41) is 10.1. The van der Waals surface area contributed by atoms with Crippen LogP contribution in [0.3, 0.4) is 0 Å². The van der Waals surface area contributed by atoms with Gasteiger partial charge in [-0.25, -0.2) is 13.8 Å². The predicted octanol–water partition coefficient (Wildman–Crippen LogP) is 4.42. The fourth-order valence-electron chi connectivity index (χ4n) is 3.58. The number of hydrogen-bond acceptors (Lipinski definition) is 5. The van der Waals surface area contributed by atoms with Gasteiger partial charge in [0.15, 0.2) is 0 Å². The number of aromatic amines is 1. The van der Waals surface area contributed by atoms with Crippen molar-refractivity contribution in [3.05, 3.63) is 59.8 Å². The summed E-state index contributed by atoms with van der Waals surface area (Å²) in [4.78, 5) is 4.43. The molecule has 0 amide bonds. The number of amidine groups is 1. The zero-order valence-electron chi connectivity index (χ0n) is 15.4. The quantitative estimate of drug-likeness (QED) is 0.688. The molecule has 0 bridgehead atoms. The molecule has 1 fully saturated rings. The minimum absolute atomic E-state index is 0.0834. The number of halogens is 2. The molecular formula is C21H18F2N4O2. The average Bonchev–Trinajstić information content (AvgIpc) is 3.12. The van der Waals surface area contributed by atoms with Crippen molar-refractivity contribution in [3.8, 4) is 17.0 Å². The minimum Gasteiger partial charge on any atom is -0.490 e. The van der Waals surface area contributed by atoms with E-state index < -0.39 is 11.6 Å². The van der Waals surface area contributed by atoms with Crippen molar-refractivity contribution in [1.82, 2.24) is 10.2 Å². The first kappa shape index (κ1) is 17.8. The Bertz CT molecular complexity index is 1070. The van der Waals surface area contributed by atoms with Gasteiger partial charge in [-0.3, -0.25) is 5.10 Å². The first-order chi connectivity index (χ1) is 14.2. The Hall–Kier alpha value is -3.26. The predicted molar refractivity (Wildman–Crippen MR) is 105 cm³/mol. The van der Waals surface area contributed by atoms with Gasteiger partial charge in [0.2, 0.25) is 0 Å². The lowest BCUT2D eigenvalue weighted by molar-refractivity contribution is 0.0256.